The minimum Gasteiger partial charge on any atom is -0.465 e. The van der Waals surface area contributed by atoms with E-state index in [2.05, 4.69) is 15.3 Å². The number of fused-ring (bicyclic) bond motifs is 1. The van der Waals surface area contributed by atoms with Gasteiger partial charge >= 0.3 is 11.8 Å². The molecule has 2 aromatic rings. The summed E-state index contributed by atoms with van der Waals surface area (Å²) < 4.78 is 5.81. The van der Waals surface area contributed by atoms with E-state index in [9.17, 15) is 9.59 Å². The van der Waals surface area contributed by atoms with Crippen molar-refractivity contribution in [1.82, 2.24) is 14.5 Å². The summed E-state index contributed by atoms with van der Waals surface area (Å²) >= 11 is 0. The van der Waals surface area contributed by atoms with Crippen LogP contribution in [0.15, 0.2) is 9.32 Å². The fraction of sp³-hybridized carbons (Fsp3) is 0.400. The average Bonchev–Trinajstić information content (AvgIpc) is 2.68. The first kappa shape index (κ1) is 12.9. The molecule has 2 rings (SSSR count). The van der Waals surface area contributed by atoms with Crippen molar-refractivity contribution in [3.05, 3.63) is 16.1 Å². The molecule has 0 radical (unpaired) electrons. The molecule has 2 heterocycles. The first-order chi connectivity index (χ1) is 8.93. The molecule has 0 saturated heterocycles. The Morgan fingerprint density at radius 1 is 1.47 bits per heavy atom. The van der Waals surface area contributed by atoms with Gasteiger partial charge in [0.25, 0.3) is 5.78 Å². The molecule has 0 aliphatic rings. The molecule has 2 aromatic heterocycles. The average molecular weight is 267 g/mol. The van der Waals surface area contributed by atoms with Crippen LogP contribution < -0.4 is 16.0 Å². The minimum atomic E-state index is -1.26. The summed E-state index contributed by atoms with van der Waals surface area (Å²) in [5, 5.41) is 11.1. The predicted molar refractivity (Wildman–Crippen MR) is 66.9 cm³/mol. The summed E-state index contributed by atoms with van der Waals surface area (Å²) in [5.74, 6) is -0.161. The SMILES string of the molecule is CCc1c(N(C)C)nc2nc(=O)on2c1NC(=O)O. The van der Waals surface area contributed by atoms with Gasteiger partial charge in [-0.15, -0.1) is 9.56 Å². The van der Waals surface area contributed by atoms with E-state index < -0.39 is 11.8 Å². The minimum absolute atomic E-state index is 0.00894. The predicted octanol–water partition coefficient (Wildman–Crippen LogP) is 0.401. The standard InChI is InChI=1S/C10H13N5O4/c1-4-5-6(14(2)3)11-8-13-10(18)19-15(8)7(5)12-9(16)17/h12H,4H2,1-3H3,(H,16,17). The third-order valence-corrected chi connectivity index (χ3v) is 2.51. The van der Waals surface area contributed by atoms with E-state index in [1.54, 1.807) is 19.0 Å². The molecular formula is C10H13N5O4. The summed E-state index contributed by atoms with van der Waals surface area (Å²) in [6.07, 6.45) is -0.753. The fourth-order valence-corrected chi connectivity index (χ4v) is 1.80. The van der Waals surface area contributed by atoms with Crippen molar-refractivity contribution < 1.29 is 14.4 Å². The maximum absolute atomic E-state index is 11.2. The molecule has 2 N–H and O–H groups in total. The highest BCUT2D eigenvalue weighted by atomic mass is 16.5. The molecule has 19 heavy (non-hydrogen) atoms. The van der Waals surface area contributed by atoms with Gasteiger partial charge in [0.15, 0.2) is 5.82 Å². The number of hydrogen-bond acceptors (Lipinski definition) is 6. The number of carboxylic acid groups (broad SMARTS) is 1. The molecule has 0 aromatic carbocycles. The first-order valence-corrected chi connectivity index (χ1v) is 5.54. The number of anilines is 2. The lowest BCUT2D eigenvalue weighted by Crippen LogP contribution is -2.19. The monoisotopic (exact) mass is 267 g/mol. The molecule has 0 saturated carbocycles. The lowest BCUT2D eigenvalue weighted by Gasteiger charge is -2.18. The topological polar surface area (TPSA) is 113 Å². The number of hydrogen-bond donors (Lipinski definition) is 2. The van der Waals surface area contributed by atoms with Crippen LogP contribution in [0.25, 0.3) is 5.78 Å². The van der Waals surface area contributed by atoms with Crippen LogP contribution in [0.1, 0.15) is 12.5 Å². The Kier molecular flexibility index (Phi) is 3.11. The van der Waals surface area contributed by atoms with E-state index >= 15 is 0 Å². The zero-order chi connectivity index (χ0) is 14.2. The third kappa shape index (κ3) is 2.21. The summed E-state index contributed by atoms with van der Waals surface area (Å²) in [6, 6.07) is 0. The molecule has 9 heteroatoms. The zero-order valence-corrected chi connectivity index (χ0v) is 10.7. The van der Waals surface area contributed by atoms with Crippen LogP contribution in [0.3, 0.4) is 0 Å². The third-order valence-electron chi connectivity index (χ3n) is 2.51. The van der Waals surface area contributed by atoms with E-state index in [1.165, 1.54) is 0 Å². The van der Waals surface area contributed by atoms with Gasteiger partial charge in [-0.2, -0.15) is 4.98 Å². The van der Waals surface area contributed by atoms with Gasteiger partial charge in [-0.3, -0.25) is 5.32 Å². The Bertz CT molecular complexity index is 687. The van der Waals surface area contributed by atoms with Crippen molar-refractivity contribution in [2.24, 2.45) is 0 Å². The summed E-state index contributed by atoms with van der Waals surface area (Å²) in [5.41, 5.74) is 0.612. The Morgan fingerprint density at radius 2 is 2.16 bits per heavy atom. The molecule has 0 aliphatic carbocycles. The highest BCUT2D eigenvalue weighted by Crippen LogP contribution is 2.25. The van der Waals surface area contributed by atoms with Crippen LogP contribution in [0.2, 0.25) is 0 Å². The molecule has 0 atom stereocenters. The number of carbonyl (C=O) groups is 1. The highest BCUT2D eigenvalue weighted by Gasteiger charge is 2.19. The quantitative estimate of drug-likeness (QED) is 0.827. The van der Waals surface area contributed by atoms with Crippen molar-refractivity contribution in [2.45, 2.75) is 13.3 Å². The van der Waals surface area contributed by atoms with E-state index in [0.717, 1.165) is 4.57 Å². The van der Waals surface area contributed by atoms with E-state index in [-0.39, 0.29) is 11.6 Å². The molecular weight excluding hydrogens is 254 g/mol. The van der Waals surface area contributed by atoms with Gasteiger partial charge in [-0.25, -0.2) is 9.59 Å². The largest absolute Gasteiger partial charge is 0.465 e. The second-order valence-electron chi connectivity index (χ2n) is 4.00. The number of amides is 1. The van der Waals surface area contributed by atoms with Crippen molar-refractivity contribution in [2.75, 3.05) is 24.3 Å². The van der Waals surface area contributed by atoms with Crippen LogP contribution in [-0.2, 0) is 6.42 Å². The van der Waals surface area contributed by atoms with Crippen LogP contribution in [0.5, 0.6) is 0 Å². The number of rotatable bonds is 3. The van der Waals surface area contributed by atoms with Gasteiger partial charge in [-0.1, -0.05) is 6.92 Å². The zero-order valence-electron chi connectivity index (χ0n) is 10.7. The van der Waals surface area contributed by atoms with Gasteiger partial charge in [-0.05, 0) is 6.42 Å². The Balaban J connectivity index is 2.83. The second-order valence-corrected chi connectivity index (χ2v) is 4.00. The lowest BCUT2D eigenvalue weighted by molar-refractivity contribution is 0.209. The molecule has 102 valence electrons. The Hall–Kier alpha value is -2.58. The molecule has 0 unspecified atom stereocenters. The molecule has 1 amide bonds. The van der Waals surface area contributed by atoms with Crippen molar-refractivity contribution in [3.8, 4) is 0 Å². The van der Waals surface area contributed by atoms with Gasteiger partial charge in [0.1, 0.15) is 5.82 Å². The Morgan fingerprint density at radius 3 is 2.68 bits per heavy atom. The Labute approximate surface area is 107 Å². The van der Waals surface area contributed by atoms with Crippen molar-refractivity contribution in [1.29, 1.82) is 0 Å². The van der Waals surface area contributed by atoms with Gasteiger partial charge < -0.3 is 14.5 Å². The highest BCUT2D eigenvalue weighted by molar-refractivity contribution is 5.84. The maximum Gasteiger partial charge on any atom is 0.461 e. The fourth-order valence-electron chi connectivity index (χ4n) is 1.80. The number of nitrogens with zero attached hydrogens (tertiary/aromatic N) is 4. The lowest BCUT2D eigenvalue weighted by atomic mass is 10.2. The van der Waals surface area contributed by atoms with Crippen LogP contribution >= 0.6 is 0 Å². The molecule has 9 nitrogen and oxygen atoms in total. The first-order valence-electron chi connectivity index (χ1n) is 5.54. The van der Waals surface area contributed by atoms with Crippen LogP contribution in [0, 0.1) is 0 Å². The van der Waals surface area contributed by atoms with Crippen LogP contribution in [0.4, 0.5) is 16.4 Å². The molecule has 0 bridgehead atoms. The van der Waals surface area contributed by atoms with E-state index in [4.69, 9.17) is 9.63 Å². The van der Waals surface area contributed by atoms with Gasteiger partial charge in [0.05, 0.1) is 0 Å². The number of aromatic nitrogens is 3. The summed E-state index contributed by atoms with van der Waals surface area (Å²) in [6.45, 7) is 1.85. The summed E-state index contributed by atoms with van der Waals surface area (Å²) in [4.78, 5) is 31.5. The molecule has 0 spiro atoms. The number of nitrogens with one attached hydrogen (secondary N) is 1. The smallest absolute Gasteiger partial charge is 0.461 e. The van der Waals surface area contributed by atoms with Crippen molar-refractivity contribution >= 4 is 23.5 Å². The normalized spacial score (nSPS) is 10.7. The molecule has 0 aliphatic heterocycles. The summed E-state index contributed by atoms with van der Waals surface area (Å²) in [7, 11) is 3.53. The van der Waals surface area contributed by atoms with Crippen LogP contribution in [-0.4, -0.2) is 39.8 Å². The molecule has 0 fully saturated rings. The second kappa shape index (κ2) is 4.59. The van der Waals surface area contributed by atoms with Gasteiger partial charge in [0, 0.05) is 19.7 Å². The maximum atomic E-state index is 11.2. The van der Waals surface area contributed by atoms with E-state index in [1.807, 2.05) is 6.92 Å². The van der Waals surface area contributed by atoms with E-state index in [0.29, 0.717) is 17.8 Å². The van der Waals surface area contributed by atoms with Gasteiger partial charge in [0.2, 0.25) is 0 Å². The van der Waals surface area contributed by atoms with Crippen molar-refractivity contribution in [3.63, 3.8) is 0 Å².